The zero-order chi connectivity index (χ0) is 13.1. The molecule has 1 N–H and O–H groups in total. The van der Waals surface area contributed by atoms with E-state index in [0.29, 0.717) is 17.5 Å². The average molecular weight is 243 g/mol. The maximum absolute atomic E-state index is 9.24. The van der Waals surface area contributed by atoms with Crippen LogP contribution in [-0.2, 0) is 12.8 Å². The lowest BCUT2D eigenvalue weighted by atomic mass is 10.0. The van der Waals surface area contributed by atoms with Crippen LogP contribution in [0.15, 0.2) is 6.07 Å². The third-order valence-corrected chi connectivity index (χ3v) is 3.74. The van der Waals surface area contributed by atoms with Crippen LogP contribution in [-0.4, -0.2) is 11.0 Å². The first-order chi connectivity index (χ1) is 8.65. The van der Waals surface area contributed by atoms with Crippen LogP contribution in [0.3, 0.4) is 0 Å². The van der Waals surface area contributed by atoms with E-state index in [4.69, 9.17) is 0 Å². The zero-order valence-corrected chi connectivity index (χ0v) is 11.5. The summed E-state index contributed by atoms with van der Waals surface area (Å²) in [6.07, 6.45) is 4.33. The fourth-order valence-corrected chi connectivity index (χ4v) is 2.58. The van der Waals surface area contributed by atoms with Crippen LogP contribution < -0.4 is 5.32 Å². The lowest BCUT2D eigenvalue weighted by Gasteiger charge is -2.22. The summed E-state index contributed by atoms with van der Waals surface area (Å²) in [5.41, 5.74) is 3.12. The van der Waals surface area contributed by atoms with E-state index < -0.39 is 0 Å². The number of aromatic nitrogens is 1. The fraction of sp³-hybridized carbons (Fsp3) is 0.600. The summed E-state index contributed by atoms with van der Waals surface area (Å²) in [5.74, 6) is 1.32. The van der Waals surface area contributed by atoms with Crippen LogP contribution in [0.1, 0.15) is 50.4 Å². The van der Waals surface area contributed by atoms with Crippen molar-refractivity contribution in [2.24, 2.45) is 5.92 Å². The van der Waals surface area contributed by atoms with Gasteiger partial charge in [0.2, 0.25) is 0 Å². The van der Waals surface area contributed by atoms with Crippen molar-refractivity contribution in [3.8, 4) is 6.07 Å². The van der Waals surface area contributed by atoms with Gasteiger partial charge in [-0.15, -0.1) is 0 Å². The number of nitrogens with one attached hydrogen (secondary N) is 1. The van der Waals surface area contributed by atoms with Crippen LogP contribution in [0.2, 0.25) is 0 Å². The third-order valence-electron chi connectivity index (χ3n) is 3.74. The van der Waals surface area contributed by atoms with Gasteiger partial charge in [0, 0.05) is 11.7 Å². The number of fused-ring (bicyclic) bond motifs is 1. The van der Waals surface area contributed by atoms with E-state index in [1.165, 1.54) is 11.3 Å². The molecule has 1 aromatic heterocycles. The standard InChI is InChI=1S/C15H21N3/c1-4-13(10(2)3)17-15-12(9-16)8-11-6-5-7-14(11)18-15/h8,10,13H,4-7H2,1-3H3,(H,17,18). The average Bonchev–Trinajstić information content (AvgIpc) is 2.81. The first-order valence-corrected chi connectivity index (χ1v) is 6.85. The van der Waals surface area contributed by atoms with Gasteiger partial charge in [0.25, 0.3) is 0 Å². The Balaban J connectivity index is 2.30. The SMILES string of the molecule is CCC(Nc1nc2c(cc1C#N)CCC2)C(C)C. The molecule has 3 nitrogen and oxygen atoms in total. The van der Waals surface area contributed by atoms with Gasteiger partial charge < -0.3 is 5.32 Å². The predicted molar refractivity (Wildman–Crippen MR) is 73.5 cm³/mol. The Hall–Kier alpha value is -1.56. The normalized spacial score (nSPS) is 15.3. The highest BCUT2D eigenvalue weighted by molar-refractivity contribution is 5.55. The Kier molecular flexibility index (Phi) is 3.86. The second-order valence-electron chi connectivity index (χ2n) is 5.36. The van der Waals surface area contributed by atoms with Crippen molar-refractivity contribution >= 4 is 5.82 Å². The highest BCUT2D eigenvalue weighted by Crippen LogP contribution is 2.26. The molecule has 0 saturated heterocycles. The number of hydrogen-bond acceptors (Lipinski definition) is 3. The van der Waals surface area contributed by atoms with Crippen molar-refractivity contribution in [2.75, 3.05) is 5.32 Å². The molecule has 18 heavy (non-hydrogen) atoms. The molecule has 0 fully saturated rings. The highest BCUT2D eigenvalue weighted by atomic mass is 15.0. The van der Waals surface area contributed by atoms with Gasteiger partial charge in [0.1, 0.15) is 11.9 Å². The minimum atomic E-state index is 0.379. The number of anilines is 1. The van der Waals surface area contributed by atoms with Gasteiger partial charge in [0.05, 0.1) is 5.56 Å². The van der Waals surface area contributed by atoms with E-state index in [1.807, 2.05) is 6.07 Å². The summed E-state index contributed by atoms with van der Waals surface area (Å²) in [5, 5.41) is 12.7. The molecule has 96 valence electrons. The number of nitriles is 1. The van der Waals surface area contributed by atoms with Crippen molar-refractivity contribution < 1.29 is 0 Å². The Morgan fingerprint density at radius 2 is 2.22 bits per heavy atom. The van der Waals surface area contributed by atoms with Crippen LogP contribution >= 0.6 is 0 Å². The van der Waals surface area contributed by atoms with Gasteiger partial charge in [-0.1, -0.05) is 20.8 Å². The number of aryl methyl sites for hydroxylation is 2. The Labute approximate surface area is 109 Å². The van der Waals surface area contributed by atoms with Crippen LogP contribution in [0.4, 0.5) is 5.82 Å². The minimum Gasteiger partial charge on any atom is -0.366 e. The topological polar surface area (TPSA) is 48.7 Å². The Bertz CT molecular complexity index is 471. The highest BCUT2D eigenvalue weighted by Gasteiger charge is 2.19. The van der Waals surface area contributed by atoms with E-state index in [-0.39, 0.29) is 0 Å². The second kappa shape index (κ2) is 5.39. The molecule has 1 unspecified atom stereocenters. The largest absolute Gasteiger partial charge is 0.366 e. The first-order valence-electron chi connectivity index (χ1n) is 6.85. The minimum absolute atomic E-state index is 0.379. The molecule has 1 aliphatic rings. The number of rotatable bonds is 4. The summed E-state index contributed by atoms with van der Waals surface area (Å²) in [4.78, 5) is 4.66. The number of pyridine rings is 1. The van der Waals surface area contributed by atoms with Crippen molar-refractivity contribution in [3.05, 3.63) is 22.9 Å². The van der Waals surface area contributed by atoms with E-state index in [0.717, 1.165) is 31.5 Å². The molecule has 0 bridgehead atoms. The zero-order valence-electron chi connectivity index (χ0n) is 11.5. The number of nitrogens with zero attached hydrogens (tertiary/aromatic N) is 2. The van der Waals surface area contributed by atoms with E-state index in [9.17, 15) is 5.26 Å². The van der Waals surface area contributed by atoms with Gasteiger partial charge in [-0.3, -0.25) is 0 Å². The summed E-state index contributed by atoms with van der Waals surface area (Å²) < 4.78 is 0. The predicted octanol–water partition coefficient (Wildman–Crippen LogP) is 3.29. The van der Waals surface area contributed by atoms with E-state index in [1.54, 1.807) is 0 Å². The summed E-state index contributed by atoms with van der Waals surface area (Å²) in [7, 11) is 0. The maximum atomic E-state index is 9.24. The van der Waals surface area contributed by atoms with Gasteiger partial charge in [-0.2, -0.15) is 5.26 Å². The smallest absolute Gasteiger partial charge is 0.144 e. The fourth-order valence-electron chi connectivity index (χ4n) is 2.58. The molecule has 1 heterocycles. The lowest BCUT2D eigenvalue weighted by Crippen LogP contribution is -2.26. The first kappa shape index (κ1) is 12.9. The van der Waals surface area contributed by atoms with Crippen molar-refractivity contribution in [2.45, 2.75) is 52.5 Å². The van der Waals surface area contributed by atoms with Gasteiger partial charge in [0.15, 0.2) is 0 Å². The van der Waals surface area contributed by atoms with Crippen LogP contribution in [0, 0.1) is 17.2 Å². The van der Waals surface area contributed by atoms with Gasteiger partial charge >= 0.3 is 0 Å². The molecule has 0 amide bonds. The molecular weight excluding hydrogens is 222 g/mol. The van der Waals surface area contributed by atoms with Crippen LogP contribution in [0.5, 0.6) is 0 Å². The quantitative estimate of drug-likeness (QED) is 0.882. The summed E-state index contributed by atoms with van der Waals surface area (Å²) in [6.45, 7) is 6.55. The van der Waals surface area contributed by atoms with Gasteiger partial charge in [-0.05, 0) is 43.2 Å². The van der Waals surface area contributed by atoms with Gasteiger partial charge in [-0.25, -0.2) is 4.98 Å². The lowest BCUT2D eigenvalue weighted by molar-refractivity contribution is 0.509. The molecular formula is C15H21N3. The molecule has 0 saturated carbocycles. The van der Waals surface area contributed by atoms with E-state index >= 15 is 0 Å². The molecule has 0 radical (unpaired) electrons. The molecule has 3 heteroatoms. The van der Waals surface area contributed by atoms with Crippen molar-refractivity contribution in [1.29, 1.82) is 5.26 Å². The summed E-state index contributed by atoms with van der Waals surface area (Å²) in [6, 6.07) is 4.67. The molecule has 0 aliphatic heterocycles. The Morgan fingerprint density at radius 3 is 2.83 bits per heavy atom. The molecule has 2 rings (SSSR count). The monoisotopic (exact) mass is 243 g/mol. The van der Waals surface area contributed by atoms with E-state index in [2.05, 4.69) is 37.1 Å². The molecule has 1 atom stereocenters. The molecule has 1 aliphatic carbocycles. The molecule has 1 aromatic rings. The molecule has 0 aromatic carbocycles. The molecule has 0 spiro atoms. The second-order valence-corrected chi connectivity index (χ2v) is 5.36. The Morgan fingerprint density at radius 1 is 1.44 bits per heavy atom. The van der Waals surface area contributed by atoms with Crippen molar-refractivity contribution in [3.63, 3.8) is 0 Å². The summed E-state index contributed by atoms with van der Waals surface area (Å²) >= 11 is 0. The number of hydrogen-bond donors (Lipinski definition) is 1. The maximum Gasteiger partial charge on any atom is 0.144 e. The van der Waals surface area contributed by atoms with Crippen LogP contribution in [0.25, 0.3) is 0 Å². The van der Waals surface area contributed by atoms with Crippen molar-refractivity contribution in [1.82, 2.24) is 4.98 Å². The third kappa shape index (κ3) is 2.48.